The molecule has 0 aliphatic rings. The molecule has 0 bridgehead atoms. The maximum Gasteiger partial charge on any atom is 0.256 e. The Hall–Kier alpha value is -2.59. The highest BCUT2D eigenvalue weighted by atomic mass is 32.2. The minimum absolute atomic E-state index is 0.180. The van der Waals surface area contributed by atoms with Gasteiger partial charge in [-0.25, -0.2) is 17.7 Å². The topological polar surface area (TPSA) is 79.4 Å². The Morgan fingerprint density at radius 1 is 1.09 bits per heavy atom. The highest BCUT2D eigenvalue weighted by molar-refractivity contribution is 7.89. The summed E-state index contributed by atoms with van der Waals surface area (Å²) in [5, 5.41) is 6.42. The highest BCUT2D eigenvalue weighted by Gasteiger charge is 2.21. The van der Waals surface area contributed by atoms with Crippen molar-refractivity contribution in [1.82, 2.24) is 9.29 Å². The molecule has 4 aromatic rings. The quantitative estimate of drug-likeness (QED) is 0.347. The van der Waals surface area contributed by atoms with Gasteiger partial charge in [-0.2, -0.15) is 0 Å². The summed E-state index contributed by atoms with van der Waals surface area (Å²) in [6.45, 7) is 2.48. The van der Waals surface area contributed by atoms with Crippen molar-refractivity contribution >= 4 is 53.8 Å². The molecule has 0 spiro atoms. The van der Waals surface area contributed by atoms with E-state index in [0.717, 1.165) is 33.6 Å². The maximum absolute atomic E-state index is 12.8. The number of aromatic nitrogens is 1. The molecule has 2 heterocycles. The largest absolute Gasteiger partial charge is 0.313 e. The van der Waals surface area contributed by atoms with Gasteiger partial charge < -0.3 is 5.32 Å². The normalized spacial score (nSPS) is 11.8. The molecule has 6 nitrogen and oxygen atoms in total. The number of hydrogen-bond acceptors (Lipinski definition) is 6. The molecule has 2 aromatic carbocycles. The van der Waals surface area contributed by atoms with Crippen LogP contribution in [0.25, 0.3) is 20.8 Å². The molecule has 0 atom stereocenters. The summed E-state index contributed by atoms with van der Waals surface area (Å²) < 4.78 is 27.8. The fraction of sp³-hybridized carbons (Fsp3) is 0.217. The number of fused-ring (bicyclic) bond motifs is 1. The van der Waals surface area contributed by atoms with E-state index in [1.807, 2.05) is 42.6 Å². The van der Waals surface area contributed by atoms with E-state index in [1.54, 1.807) is 30.5 Å². The van der Waals surface area contributed by atoms with E-state index in [0.29, 0.717) is 17.1 Å². The number of nitrogens with zero attached hydrogens (tertiary/aromatic N) is 2. The lowest BCUT2D eigenvalue weighted by Crippen LogP contribution is -2.28. The highest BCUT2D eigenvalue weighted by Crippen LogP contribution is 2.37. The standard InChI is InChI=1S/C23H23N3O3S3/c1-3-4-14-26(2)32(28,29)17-11-9-16(10-12-17)21(27)25-22-18(13-15-30-22)23-24-19-7-5-6-8-20(19)31-23/h5-13,15H,3-4,14H2,1-2H3,(H,25,27). The molecule has 1 N–H and O–H groups in total. The summed E-state index contributed by atoms with van der Waals surface area (Å²) in [6.07, 6.45) is 1.72. The average Bonchev–Trinajstić information content (AvgIpc) is 3.43. The minimum atomic E-state index is -3.56. The van der Waals surface area contributed by atoms with Crippen LogP contribution in [-0.4, -0.2) is 37.2 Å². The van der Waals surface area contributed by atoms with Crippen LogP contribution in [0.3, 0.4) is 0 Å². The van der Waals surface area contributed by atoms with Gasteiger partial charge in [0.15, 0.2) is 0 Å². The first-order chi connectivity index (χ1) is 15.4. The third-order valence-electron chi connectivity index (χ3n) is 5.07. The predicted octanol–water partition coefficient (Wildman–Crippen LogP) is 5.70. The fourth-order valence-corrected chi connectivity index (χ4v) is 6.25. The van der Waals surface area contributed by atoms with Crippen molar-refractivity contribution in [3.8, 4) is 10.6 Å². The molecule has 32 heavy (non-hydrogen) atoms. The molecule has 9 heteroatoms. The molecule has 166 valence electrons. The van der Waals surface area contributed by atoms with Crippen LogP contribution in [-0.2, 0) is 10.0 Å². The van der Waals surface area contributed by atoms with Gasteiger partial charge in [-0.3, -0.25) is 4.79 Å². The number of carbonyl (C=O) groups is 1. The van der Waals surface area contributed by atoms with Crippen LogP contribution in [0, 0.1) is 0 Å². The average molecular weight is 486 g/mol. The third kappa shape index (κ3) is 4.61. The van der Waals surface area contributed by atoms with Crippen molar-refractivity contribution in [3.63, 3.8) is 0 Å². The second kappa shape index (κ2) is 9.50. The molecule has 4 rings (SSSR count). The third-order valence-corrected chi connectivity index (χ3v) is 8.84. The molecular weight excluding hydrogens is 462 g/mol. The zero-order valence-electron chi connectivity index (χ0n) is 17.7. The number of rotatable bonds is 8. The van der Waals surface area contributed by atoms with Crippen LogP contribution in [0.15, 0.2) is 64.9 Å². The van der Waals surface area contributed by atoms with Crippen LogP contribution >= 0.6 is 22.7 Å². The number of benzene rings is 2. The Kier molecular flexibility index (Phi) is 6.71. The molecule has 0 fully saturated rings. The Morgan fingerprint density at radius 2 is 1.84 bits per heavy atom. The van der Waals surface area contributed by atoms with Crippen molar-refractivity contribution < 1.29 is 13.2 Å². The Balaban J connectivity index is 1.51. The molecule has 1 amide bonds. The lowest BCUT2D eigenvalue weighted by Gasteiger charge is -2.17. The summed E-state index contributed by atoms with van der Waals surface area (Å²) in [6, 6.07) is 15.9. The zero-order valence-corrected chi connectivity index (χ0v) is 20.2. The van der Waals surface area contributed by atoms with E-state index >= 15 is 0 Å². The number of carbonyl (C=O) groups excluding carboxylic acids is 1. The van der Waals surface area contributed by atoms with E-state index in [9.17, 15) is 13.2 Å². The summed E-state index contributed by atoms with van der Waals surface area (Å²) >= 11 is 3.01. The SMILES string of the molecule is CCCCN(C)S(=O)(=O)c1ccc(C(=O)Nc2sccc2-c2nc3ccccc3s2)cc1. The number of thiazole rings is 1. The van der Waals surface area contributed by atoms with Gasteiger partial charge in [0.1, 0.15) is 10.0 Å². The summed E-state index contributed by atoms with van der Waals surface area (Å²) in [5.41, 5.74) is 2.20. The van der Waals surface area contributed by atoms with Crippen molar-refractivity contribution in [1.29, 1.82) is 0 Å². The monoisotopic (exact) mass is 485 g/mol. The number of para-hydroxylation sites is 1. The maximum atomic E-state index is 12.8. The molecule has 0 aliphatic heterocycles. The van der Waals surface area contributed by atoms with Gasteiger partial charge in [0, 0.05) is 24.7 Å². The van der Waals surface area contributed by atoms with Gasteiger partial charge in [-0.05, 0) is 54.3 Å². The van der Waals surface area contributed by atoms with Crippen LogP contribution in [0.4, 0.5) is 5.00 Å². The molecule has 0 aliphatic carbocycles. The number of unbranched alkanes of at least 4 members (excludes halogenated alkanes) is 1. The van der Waals surface area contributed by atoms with Crippen molar-refractivity contribution in [3.05, 3.63) is 65.5 Å². The first kappa shape index (κ1) is 22.6. The fourth-order valence-electron chi connectivity index (χ4n) is 3.20. The molecule has 0 unspecified atom stereocenters. The van der Waals surface area contributed by atoms with Gasteiger partial charge in [-0.1, -0.05) is 25.5 Å². The summed E-state index contributed by atoms with van der Waals surface area (Å²) in [4.78, 5) is 17.7. The Labute approximate surface area is 195 Å². The van der Waals surface area contributed by atoms with Gasteiger partial charge in [0.05, 0.1) is 15.1 Å². The summed E-state index contributed by atoms with van der Waals surface area (Å²) in [7, 11) is -1.99. The van der Waals surface area contributed by atoms with Crippen molar-refractivity contribution in [2.75, 3.05) is 18.9 Å². The minimum Gasteiger partial charge on any atom is -0.313 e. The first-order valence-corrected chi connectivity index (χ1v) is 13.3. The predicted molar refractivity (Wildman–Crippen MR) is 132 cm³/mol. The second-order valence-electron chi connectivity index (χ2n) is 7.31. The van der Waals surface area contributed by atoms with E-state index < -0.39 is 10.0 Å². The van der Waals surface area contributed by atoms with Crippen molar-refractivity contribution in [2.24, 2.45) is 0 Å². The smallest absolute Gasteiger partial charge is 0.256 e. The molecule has 0 saturated heterocycles. The lowest BCUT2D eigenvalue weighted by molar-refractivity contribution is 0.102. The first-order valence-electron chi connectivity index (χ1n) is 10.2. The van der Waals surface area contributed by atoms with E-state index in [4.69, 9.17) is 0 Å². The van der Waals surface area contributed by atoms with Gasteiger partial charge in [-0.15, -0.1) is 22.7 Å². The molecule has 0 saturated carbocycles. The Bertz CT molecular complexity index is 1310. The van der Waals surface area contributed by atoms with Gasteiger partial charge in [0.25, 0.3) is 5.91 Å². The summed E-state index contributed by atoms with van der Waals surface area (Å²) in [5.74, 6) is -0.293. The van der Waals surface area contributed by atoms with Crippen LogP contribution in [0.5, 0.6) is 0 Å². The number of hydrogen-bond donors (Lipinski definition) is 1. The van der Waals surface area contributed by atoms with E-state index in [2.05, 4.69) is 10.3 Å². The van der Waals surface area contributed by atoms with E-state index in [-0.39, 0.29) is 10.8 Å². The molecular formula is C23H23N3O3S3. The number of nitrogens with one attached hydrogen (secondary N) is 1. The zero-order chi connectivity index (χ0) is 22.7. The molecule has 2 aromatic heterocycles. The number of thiophene rings is 1. The van der Waals surface area contributed by atoms with Gasteiger partial charge >= 0.3 is 0 Å². The second-order valence-corrected chi connectivity index (χ2v) is 11.3. The number of sulfonamides is 1. The van der Waals surface area contributed by atoms with E-state index in [1.165, 1.54) is 27.8 Å². The molecule has 0 radical (unpaired) electrons. The van der Waals surface area contributed by atoms with Gasteiger partial charge in [0.2, 0.25) is 10.0 Å². The number of amides is 1. The van der Waals surface area contributed by atoms with Crippen LogP contribution in [0.1, 0.15) is 30.1 Å². The Morgan fingerprint density at radius 3 is 2.56 bits per heavy atom. The van der Waals surface area contributed by atoms with Crippen LogP contribution in [0.2, 0.25) is 0 Å². The lowest BCUT2D eigenvalue weighted by atomic mass is 10.2. The van der Waals surface area contributed by atoms with Crippen LogP contribution < -0.4 is 5.32 Å². The number of anilines is 1. The van der Waals surface area contributed by atoms with Crippen molar-refractivity contribution in [2.45, 2.75) is 24.7 Å².